The fourth-order valence-corrected chi connectivity index (χ4v) is 1.76. The molecule has 2 heteroatoms. The van der Waals surface area contributed by atoms with E-state index in [-0.39, 0.29) is 11.8 Å². The summed E-state index contributed by atoms with van der Waals surface area (Å²) in [5, 5.41) is 3.36. The monoisotopic (exact) mass is 143 g/mol. The van der Waals surface area contributed by atoms with E-state index in [0.29, 0.717) is 6.10 Å². The lowest BCUT2D eigenvalue weighted by molar-refractivity contribution is -0.0773. The van der Waals surface area contributed by atoms with Crippen LogP contribution in [0.25, 0.3) is 0 Å². The van der Waals surface area contributed by atoms with E-state index < -0.39 is 0 Å². The molecule has 0 bridgehead atoms. The molecule has 60 valence electrons. The van der Waals surface area contributed by atoms with Gasteiger partial charge in [-0.15, -0.1) is 0 Å². The third-order valence-corrected chi connectivity index (χ3v) is 1.83. The van der Waals surface area contributed by atoms with Crippen LogP contribution >= 0.6 is 0 Å². The topological polar surface area (TPSA) is 21.3 Å². The van der Waals surface area contributed by atoms with E-state index in [4.69, 9.17) is 4.74 Å². The smallest absolute Gasteiger partial charge is 0.106 e. The fraction of sp³-hybridized carbons (Fsp3) is 1.00. The van der Waals surface area contributed by atoms with E-state index in [1.54, 1.807) is 0 Å². The van der Waals surface area contributed by atoms with Gasteiger partial charge in [-0.25, -0.2) is 0 Å². The molecule has 1 heterocycles. The Kier molecular flexibility index (Phi) is 2.02. The van der Waals surface area contributed by atoms with E-state index in [1.807, 2.05) is 0 Å². The van der Waals surface area contributed by atoms with Crippen molar-refractivity contribution in [2.24, 2.45) is 0 Å². The average molecular weight is 143 g/mol. The zero-order valence-electron chi connectivity index (χ0n) is 7.27. The van der Waals surface area contributed by atoms with Crippen LogP contribution in [0.1, 0.15) is 34.1 Å². The van der Waals surface area contributed by atoms with Crippen LogP contribution in [-0.2, 0) is 4.74 Å². The first kappa shape index (κ1) is 8.02. The van der Waals surface area contributed by atoms with Crippen LogP contribution in [0.5, 0.6) is 0 Å². The van der Waals surface area contributed by atoms with Crippen LogP contribution in [0.4, 0.5) is 0 Å². The zero-order valence-corrected chi connectivity index (χ0v) is 7.27. The largest absolute Gasteiger partial charge is 0.361 e. The van der Waals surface area contributed by atoms with Gasteiger partial charge in [0.25, 0.3) is 0 Å². The lowest BCUT2D eigenvalue weighted by Gasteiger charge is -2.39. The molecule has 0 spiro atoms. The van der Waals surface area contributed by atoms with E-state index >= 15 is 0 Å². The van der Waals surface area contributed by atoms with Crippen molar-refractivity contribution in [2.75, 3.05) is 0 Å². The Labute approximate surface area is 63.0 Å². The number of rotatable bonds is 0. The molecular formula is C8H17NO. The van der Waals surface area contributed by atoms with Crippen molar-refractivity contribution >= 4 is 0 Å². The predicted octanol–water partition coefficient (Wildman–Crippen LogP) is 1.51. The maximum atomic E-state index is 5.51. The van der Waals surface area contributed by atoms with Crippen molar-refractivity contribution in [3.63, 3.8) is 0 Å². The first-order chi connectivity index (χ1) is 4.49. The van der Waals surface area contributed by atoms with Gasteiger partial charge in [0.1, 0.15) is 6.23 Å². The molecule has 2 nitrogen and oxygen atoms in total. The van der Waals surface area contributed by atoms with Crippen LogP contribution in [0.15, 0.2) is 0 Å². The van der Waals surface area contributed by atoms with Crippen molar-refractivity contribution in [1.29, 1.82) is 0 Å². The molecule has 0 aromatic carbocycles. The van der Waals surface area contributed by atoms with Crippen molar-refractivity contribution in [1.82, 2.24) is 5.32 Å². The van der Waals surface area contributed by atoms with Gasteiger partial charge in [0.05, 0.1) is 6.10 Å². The minimum absolute atomic E-state index is 0.207. The number of nitrogens with one attached hydrogen (secondary N) is 1. The van der Waals surface area contributed by atoms with E-state index in [1.165, 1.54) is 0 Å². The van der Waals surface area contributed by atoms with E-state index in [9.17, 15) is 0 Å². The number of ether oxygens (including phenoxy) is 1. The first-order valence-electron chi connectivity index (χ1n) is 3.93. The maximum Gasteiger partial charge on any atom is 0.106 e. The molecule has 0 aliphatic carbocycles. The fourth-order valence-electron chi connectivity index (χ4n) is 1.76. The Bertz CT molecular complexity index is 110. The van der Waals surface area contributed by atoms with Gasteiger partial charge in [-0.2, -0.15) is 0 Å². The van der Waals surface area contributed by atoms with Crippen molar-refractivity contribution in [2.45, 2.75) is 52.0 Å². The summed E-state index contributed by atoms with van der Waals surface area (Å²) in [6, 6.07) is 0. The molecule has 0 radical (unpaired) electrons. The highest BCUT2D eigenvalue weighted by atomic mass is 16.5. The standard InChI is InChI=1S/C8H17NO/c1-6-5-8(3,4)9-7(2)10-6/h6-7,9H,5H2,1-4H3/t6-,7-/m1/s1. The van der Waals surface area contributed by atoms with E-state index in [0.717, 1.165) is 6.42 Å². The maximum absolute atomic E-state index is 5.51. The van der Waals surface area contributed by atoms with Gasteiger partial charge in [0.2, 0.25) is 0 Å². The first-order valence-corrected chi connectivity index (χ1v) is 3.93. The molecule has 0 saturated carbocycles. The number of hydrogen-bond donors (Lipinski definition) is 1. The van der Waals surface area contributed by atoms with Crippen LogP contribution in [-0.4, -0.2) is 17.9 Å². The average Bonchev–Trinajstić information content (AvgIpc) is 1.54. The summed E-state index contributed by atoms with van der Waals surface area (Å²) in [6.45, 7) is 8.60. The highest BCUT2D eigenvalue weighted by molar-refractivity contribution is 4.84. The molecule has 1 aliphatic heterocycles. The lowest BCUT2D eigenvalue weighted by atomic mass is 9.95. The summed E-state index contributed by atoms with van der Waals surface area (Å²) in [7, 11) is 0. The van der Waals surface area contributed by atoms with Gasteiger partial charge in [0.15, 0.2) is 0 Å². The van der Waals surface area contributed by atoms with E-state index in [2.05, 4.69) is 33.0 Å². The van der Waals surface area contributed by atoms with Gasteiger partial charge in [-0.1, -0.05) is 0 Å². The highest BCUT2D eigenvalue weighted by Gasteiger charge is 2.28. The molecule has 0 aromatic heterocycles. The van der Waals surface area contributed by atoms with Crippen molar-refractivity contribution < 1.29 is 4.74 Å². The lowest BCUT2D eigenvalue weighted by Crippen LogP contribution is -2.53. The molecule has 1 aliphatic rings. The predicted molar refractivity (Wildman–Crippen MR) is 41.8 cm³/mol. The molecule has 1 rings (SSSR count). The Balaban J connectivity index is 2.51. The van der Waals surface area contributed by atoms with Crippen molar-refractivity contribution in [3.8, 4) is 0 Å². The molecule has 0 aromatic rings. The minimum Gasteiger partial charge on any atom is -0.361 e. The Morgan fingerprint density at radius 1 is 1.40 bits per heavy atom. The summed E-state index contributed by atoms with van der Waals surface area (Å²) >= 11 is 0. The van der Waals surface area contributed by atoms with Crippen LogP contribution < -0.4 is 5.32 Å². The van der Waals surface area contributed by atoms with Crippen LogP contribution in [0.2, 0.25) is 0 Å². The summed E-state index contributed by atoms with van der Waals surface area (Å²) in [6.07, 6.45) is 1.70. The molecule has 1 saturated heterocycles. The molecule has 0 amide bonds. The Morgan fingerprint density at radius 2 is 2.00 bits per heavy atom. The second-order valence-electron chi connectivity index (χ2n) is 3.82. The third-order valence-electron chi connectivity index (χ3n) is 1.83. The van der Waals surface area contributed by atoms with Crippen LogP contribution in [0, 0.1) is 0 Å². The quantitative estimate of drug-likeness (QED) is 0.555. The molecule has 1 fully saturated rings. The summed E-state index contributed by atoms with van der Waals surface area (Å²) in [5.74, 6) is 0. The van der Waals surface area contributed by atoms with Gasteiger partial charge in [-0.3, -0.25) is 5.32 Å². The second kappa shape index (κ2) is 2.51. The normalized spacial score (nSPS) is 39.6. The SMILES string of the molecule is C[C@@H]1CC(C)(C)N[C@@H](C)O1. The zero-order chi connectivity index (χ0) is 7.78. The second-order valence-corrected chi connectivity index (χ2v) is 3.82. The molecule has 1 N–H and O–H groups in total. The Morgan fingerprint density at radius 3 is 2.40 bits per heavy atom. The Hall–Kier alpha value is -0.0800. The third kappa shape index (κ3) is 1.96. The van der Waals surface area contributed by atoms with Crippen LogP contribution in [0.3, 0.4) is 0 Å². The summed E-state index contributed by atoms with van der Waals surface area (Å²) < 4.78 is 5.51. The molecular weight excluding hydrogens is 126 g/mol. The molecule has 2 atom stereocenters. The molecule has 0 unspecified atom stereocenters. The van der Waals surface area contributed by atoms with Gasteiger partial charge >= 0.3 is 0 Å². The van der Waals surface area contributed by atoms with Gasteiger partial charge in [-0.05, 0) is 34.1 Å². The summed E-state index contributed by atoms with van der Waals surface area (Å²) in [5.41, 5.74) is 0.247. The summed E-state index contributed by atoms with van der Waals surface area (Å²) in [4.78, 5) is 0. The van der Waals surface area contributed by atoms with Gasteiger partial charge < -0.3 is 4.74 Å². The highest BCUT2D eigenvalue weighted by Crippen LogP contribution is 2.20. The van der Waals surface area contributed by atoms with Gasteiger partial charge in [0, 0.05) is 5.54 Å². The molecule has 10 heavy (non-hydrogen) atoms. The van der Waals surface area contributed by atoms with Crippen molar-refractivity contribution in [3.05, 3.63) is 0 Å². The minimum atomic E-state index is 0.207. The number of hydrogen-bond acceptors (Lipinski definition) is 2.